The Labute approximate surface area is 125 Å². The number of ether oxygens (including phenoxy) is 1. The van der Waals surface area contributed by atoms with Gasteiger partial charge in [-0.3, -0.25) is 9.36 Å². The highest BCUT2D eigenvalue weighted by Crippen LogP contribution is 2.15. The summed E-state index contributed by atoms with van der Waals surface area (Å²) in [5, 5.41) is 1.15. The quantitative estimate of drug-likeness (QED) is 0.641. The van der Waals surface area contributed by atoms with Gasteiger partial charge in [-0.2, -0.15) is 8.78 Å². The Kier molecular flexibility index (Phi) is 6.70. The standard InChI is InChI=1S/C11H11F2N3O2S.C2H6/c1-16-8-6(4-14-11(15-8)19-2)3-7(9(16)17)5-18-10(12)13;1-2/h3-4,10H,5H2,1-2H3;1-2H3. The first-order valence-electron chi connectivity index (χ1n) is 6.32. The zero-order chi connectivity index (χ0) is 16.0. The van der Waals surface area contributed by atoms with Crippen molar-refractivity contribution in [1.82, 2.24) is 14.5 Å². The molecule has 2 aromatic heterocycles. The summed E-state index contributed by atoms with van der Waals surface area (Å²) in [6, 6.07) is 1.48. The van der Waals surface area contributed by atoms with Crippen molar-refractivity contribution in [3.8, 4) is 0 Å². The molecule has 0 spiro atoms. The highest BCUT2D eigenvalue weighted by Gasteiger charge is 2.11. The largest absolute Gasteiger partial charge is 0.345 e. The van der Waals surface area contributed by atoms with Crippen LogP contribution >= 0.6 is 11.8 Å². The molecule has 116 valence electrons. The highest BCUT2D eigenvalue weighted by atomic mass is 32.2. The normalized spacial score (nSPS) is 10.6. The van der Waals surface area contributed by atoms with E-state index < -0.39 is 18.8 Å². The van der Waals surface area contributed by atoms with E-state index in [1.54, 1.807) is 6.20 Å². The number of nitrogens with zero attached hydrogens (tertiary/aromatic N) is 3. The van der Waals surface area contributed by atoms with Crippen LogP contribution in [0.15, 0.2) is 22.2 Å². The zero-order valence-electron chi connectivity index (χ0n) is 12.3. The lowest BCUT2D eigenvalue weighted by Crippen LogP contribution is -2.23. The third kappa shape index (κ3) is 4.21. The first-order valence-corrected chi connectivity index (χ1v) is 7.55. The fraction of sp³-hybridized carbons (Fsp3) is 0.462. The average Bonchev–Trinajstić information content (AvgIpc) is 2.51. The summed E-state index contributed by atoms with van der Waals surface area (Å²) in [5.41, 5.74) is 0.208. The van der Waals surface area contributed by atoms with Gasteiger partial charge in [0.25, 0.3) is 5.56 Å². The van der Waals surface area contributed by atoms with Gasteiger partial charge in [-0.15, -0.1) is 0 Å². The Morgan fingerprint density at radius 3 is 2.67 bits per heavy atom. The van der Waals surface area contributed by atoms with E-state index in [4.69, 9.17) is 0 Å². The van der Waals surface area contributed by atoms with Crippen molar-refractivity contribution in [3.63, 3.8) is 0 Å². The highest BCUT2D eigenvalue weighted by molar-refractivity contribution is 7.98. The van der Waals surface area contributed by atoms with E-state index in [2.05, 4.69) is 14.7 Å². The Hall–Kier alpha value is -1.54. The number of alkyl halides is 2. The summed E-state index contributed by atoms with van der Waals surface area (Å²) >= 11 is 1.36. The molecular formula is C13H17F2N3O2S. The molecule has 0 unspecified atom stereocenters. The number of fused-ring (bicyclic) bond motifs is 1. The van der Waals surface area contributed by atoms with E-state index >= 15 is 0 Å². The van der Waals surface area contributed by atoms with Crippen LogP contribution < -0.4 is 5.56 Å². The van der Waals surface area contributed by atoms with Gasteiger partial charge in [0, 0.05) is 24.2 Å². The van der Waals surface area contributed by atoms with Crippen LogP contribution in [-0.4, -0.2) is 27.4 Å². The summed E-state index contributed by atoms with van der Waals surface area (Å²) in [6.07, 6.45) is 3.38. The number of aryl methyl sites for hydroxylation is 1. The van der Waals surface area contributed by atoms with E-state index in [0.717, 1.165) is 0 Å². The van der Waals surface area contributed by atoms with Crippen molar-refractivity contribution in [2.45, 2.75) is 32.2 Å². The van der Waals surface area contributed by atoms with Gasteiger partial charge in [-0.05, 0) is 12.3 Å². The van der Waals surface area contributed by atoms with Gasteiger partial charge in [0.2, 0.25) is 0 Å². The van der Waals surface area contributed by atoms with Crippen LogP contribution in [0.25, 0.3) is 11.0 Å². The maximum absolute atomic E-state index is 12.0. The first-order chi connectivity index (χ1) is 10.0. The van der Waals surface area contributed by atoms with Gasteiger partial charge in [-0.1, -0.05) is 25.6 Å². The third-order valence-electron chi connectivity index (χ3n) is 2.55. The zero-order valence-corrected chi connectivity index (χ0v) is 13.1. The molecule has 0 N–H and O–H groups in total. The Morgan fingerprint density at radius 1 is 1.43 bits per heavy atom. The van der Waals surface area contributed by atoms with E-state index in [-0.39, 0.29) is 5.56 Å². The number of aromatic nitrogens is 3. The summed E-state index contributed by atoms with van der Waals surface area (Å²) in [6.45, 7) is 0.653. The molecule has 0 bridgehead atoms. The van der Waals surface area contributed by atoms with Gasteiger partial charge in [0.05, 0.1) is 6.61 Å². The molecule has 0 saturated carbocycles. The van der Waals surface area contributed by atoms with Gasteiger partial charge in [-0.25, -0.2) is 9.97 Å². The molecule has 0 aliphatic carbocycles. The van der Waals surface area contributed by atoms with Crippen LogP contribution in [-0.2, 0) is 18.4 Å². The minimum Gasteiger partial charge on any atom is -0.318 e. The minimum atomic E-state index is -2.91. The molecule has 0 radical (unpaired) electrons. The van der Waals surface area contributed by atoms with Crippen LogP contribution in [0, 0.1) is 0 Å². The van der Waals surface area contributed by atoms with E-state index in [1.807, 2.05) is 20.1 Å². The minimum absolute atomic E-state index is 0.149. The SMILES string of the molecule is CC.CSc1ncc2cc(COC(F)F)c(=O)n(C)c2n1. The maximum Gasteiger partial charge on any atom is 0.345 e. The van der Waals surface area contributed by atoms with Crippen LogP contribution in [0.4, 0.5) is 8.78 Å². The molecule has 21 heavy (non-hydrogen) atoms. The van der Waals surface area contributed by atoms with Crippen LogP contribution in [0.5, 0.6) is 0 Å². The molecule has 0 saturated heterocycles. The molecule has 8 heteroatoms. The monoisotopic (exact) mass is 317 g/mol. The molecule has 0 aliphatic heterocycles. The lowest BCUT2D eigenvalue weighted by Gasteiger charge is -2.08. The van der Waals surface area contributed by atoms with Crippen molar-refractivity contribution < 1.29 is 13.5 Å². The van der Waals surface area contributed by atoms with Crippen molar-refractivity contribution in [3.05, 3.63) is 28.2 Å². The third-order valence-corrected chi connectivity index (χ3v) is 3.11. The van der Waals surface area contributed by atoms with Crippen LogP contribution in [0.3, 0.4) is 0 Å². The second-order valence-electron chi connectivity index (χ2n) is 3.74. The fourth-order valence-electron chi connectivity index (χ4n) is 1.65. The molecule has 2 heterocycles. The summed E-state index contributed by atoms with van der Waals surface area (Å²) < 4.78 is 29.5. The van der Waals surface area contributed by atoms with E-state index in [1.165, 1.54) is 29.4 Å². The van der Waals surface area contributed by atoms with Crippen LogP contribution in [0.2, 0.25) is 0 Å². The number of hydrogen-bond donors (Lipinski definition) is 0. The van der Waals surface area contributed by atoms with E-state index in [0.29, 0.717) is 16.2 Å². The Morgan fingerprint density at radius 2 is 2.10 bits per heavy atom. The predicted molar refractivity (Wildman–Crippen MR) is 78.7 cm³/mol. The smallest absolute Gasteiger partial charge is 0.318 e. The second-order valence-corrected chi connectivity index (χ2v) is 4.51. The van der Waals surface area contributed by atoms with Crippen molar-refractivity contribution in [2.75, 3.05) is 6.26 Å². The number of pyridine rings is 1. The average molecular weight is 317 g/mol. The van der Waals surface area contributed by atoms with Crippen LogP contribution in [0.1, 0.15) is 19.4 Å². The molecule has 2 rings (SSSR count). The number of thioether (sulfide) groups is 1. The van der Waals surface area contributed by atoms with Gasteiger partial charge in [0.15, 0.2) is 5.16 Å². The lowest BCUT2D eigenvalue weighted by atomic mass is 10.2. The number of hydrogen-bond acceptors (Lipinski definition) is 5. The fourth-order valence-corrected chi connectivity index (χ4v) is 1.99. The molecule has 5 nitrogen and oxygen atoms in total. The van der Waals surface area contributed by atoms with Crippen molar-refractivity contribution in [2.24, 2.45) is 7.05 Å². The van der Waals surface area contributed by atoms with Gasteiger partial charge >= 0.3 is 6.61 Å². The van der Waals surface area contributed by atoms with E-state index in [9.17, 15) is 13.6 Å². The lowest BCUT2D eigenvalue weighted by molar-refractivity contribution is -0.137. The molecule has 2 aromatic rings. The molecule has 0 amide bonds. The Balaban J connectivity index is 0.00000106. The summed E-state index contributed by atoms with van der Waals surface area (Å²) in [5.74, 6) is 0. The molecule has 0 atom stereocenters. The Bertz CT molecular complexity index is 662. The second kappa shape index (κ2) is 8.04. The molecular weight excluding hydrogens is 300 g/mol. The molecule has 0 aromatic carbocycles. The number of halogens is 2. The predicted octanol–water partition coefficient (Wildman–Crippen LogP) is 2.82. The van der Waals surface area contributed by atoms with Crippen molar-refractivity contribution >= 4 is 22.8 Å². The molecule has 0 aliphatic rings. The summed E-state index contributed by atoms with van der Waals surface area (Å²) in [7, 11) is 1.54. The molecule has 0 fully saturated rings. The van der Waals surface area contributed by atoms with Gasteiger partial charge < -0.3 is 4.74 Å². The topological polar surface area (TPSA) is 57.0 Å². The first kappa shape index (κ1) is 17.5. The van der Waals surface area contributed by atoms with Gasteiger partial charge in [0.1, 0.15) is 5.65 Å². The summed E-state index contributed by atoms with van der Waals surface area (Å²) in [4.78, 5) is 20.3. The number of rotatable bonds is 4. The van der Waals surface area contributed by atoms with Crippen molar-refractivity contribution in [1.29, 1.82) is 0 Å². The maximum atomic E-state index is 12.0.